The summed E-state index contributed by atoms with van der Waals surface area (Å²) in [7, 11) is 1.63. The van der Waals surface area contributed by atoms with Crippen molar-refractivity contribution in [3.63, 3.8) is 0 Å². The zero-order valence-electron chi connectivity index (χ0n) is 14.1. The van der Waals surface area contributed by atoms with Crippen molar-refractivity contribution < 1.29 is 14.3 Å². The van der Waals surface area contributed by atoms with E-state index in [0.717, 1.165) is 11.5 Å². The number of thioether (sulfide) groups is 2. The quantitative estimate of drug-likeness (QED) is 0.742. The van der Waals surface area contributed by atoms with Crippen LogP contribution in [0, 0.1) is 0 Å². The molecule has 1 saturated heterocycles. The highest BCUT2D eigenvalue weighted by Gasteiger charge is 2.18. The van der Waals surface area contributed by atoms with Crippen molar-refractivity contribution >= 4 is 29.4 Å². The van der Waals surface area contributed by atoms with Gasteiger partial charge in [-0.15, -0.1) is 23.5 Å². The summed E-state index contributed by atoms with van der Waals surface area (Å²) in [4.78, 5) is 12.2. The highest BCUT2D eigenvalue weighted by molar-refractivity contribution is 8.19. The molecule has 1 amide bonds. The van der Waals surface area contributed by atoms with Crippen molar-refractivity contribution in [3.8, 4) is 11.5 Å². The number of ether oxygens (including phenoxy) is 2. The van der Waals surface area contributed by atoms with Crippen molar-refractivity contribution in [2.45, 2.75) is 4.58 Å². The maximum absolute atomic E-state index is 12.2. The molecule has 1 fully saturated rings. The fourth-order valence-electron chi connectivity index (χ4n) is 2.45. The zero-order valence-corrected chi connectivity index (χ0v) is 15.7. The lowest BCUT2D eigenvalue weighted by molar-refractivity contribution is 0.0947. The molecule has 0 spiro atoms. The number of amides is 1. The molecular weight excluding hydrogens is 354 g/mol. The summed E-state index contributed by atoms with van der Waals surface area (Å²) in [6, 6.07) is 15.3. The SMILES string of the molecule is COc1ccc(OCCNC(=O)c2ccc(C3SCCS3)cc2)cc1. The van der Waals surface area contributed by atoms with Gasteiger partial charge in [-0.3, -0.25) is 4.79 Å². The molecule has 1 aliphatic heterocycles. The van der Waals surface area contributed by atoms with Crippen LogP contribution in [0.5, 0.6) is 11.5 Å². The van der Waals surface area contributed by atoms with E-state index in [-0.39, 0.29) is 5.91 Å². The van der Waals surface area contributed by atoms with E-state index >= 15 is 0 Å². The molecule has 1 N–H and O–H groups in total. The molecule has 2 aromatic rings. The van der Waals surface area contributed by atoms with Gasteiger partial charge in [0, 0.05) is 17.1 Å². The molecule has 0 radical (unpaired) electrons. The van der Waals surface area contributed by atoms with Crippen molar-refractivity contribution in [1.82, 2.24) is 5.32 Å². The van der Waals surface area contributed by atoms with Crippen LogP contribution in [0.3, 0.4) is 0 Å². The highest BCUT2D eigenvalue weighted by atomic mass is 32.2. The lowest BCUT2D eigenvalue weighted by Gasteiger charge is -2.10. The average molecular weight is 376 g/mol. The average Bonchev–Trinajstić information content (AvgIpc) is 3.20. The first-order valence-electron chi connectivity index (χ1n) is 8.14. The second-order valence-electron chi connectivity index (χ2n) is 5.48. The first kappa shape index (κ1) is 18.0. The molecule has 4 nitrogen and oxygen atoms in total. The first-order chi connectivity index (χ1) is 12.3. The maximum atomic E-state index is 12.2. The number of hydrogen-bond acceptors (Lipinski definition) is 5. The third-order valence-electron chi connectivity index (χ3n) is 3.78. The van der Waals surface area contributed by atoms with Crippen LogP contribution in [-0.4, -0.2) is 37.7 Å². The Hall–Kier alpha value is -1.79. The molecular formula is C19H21NO3S2. The van der Waals surface area contributed by atoms with E-state index in [2.05, 4.69) is 17.4 Å². The number of nitrogens with one attached hydrogen (secondary N) is 1. The third kappa shape index (κ3) is 5.09. The molecule has 1 heterocycles. The van der Waals surface area contributed by atoms with Gasteiger partial charge < -0.3 is 14.8 Å². The lowest BCUT2D eigenvalue weighted by atomic mass is 10.1. The summed E-state index contributed by atoms with van der Waals surface area (Å²) in [5.74, 6) is 3.87. The summed E-state index contributed by atoms with van der Waals surface area (Å²) in [5, 5.41) is 2.88. The van der Waals surface area contributed by atoms with E-state index in [1.54, 1.807) is 7.11 Å². The monoisotopic (exact) mass is 375 g/mol. The van der Waals surface area contributed by atoms with Crippen LogP contribution in [0.25, 0.3) is 0 Å². The Morgan fingerprint density at radius 1 is 1.04 bits per heavy atom. The van der Waals surface area contributed by atoms with Gasteiger partial charge in [-0.25, -0.2) is 0 Å². The molecule has 0 atom stereocenters. The standard InChI is InChI=1S/C19H21NO3S2/c1-22-16-6-8-17(9-7-16)23-11-10-20-18(21)14-2-4-15(5-3-14)19-24-12-13-25-19/h2-9,19H,10-13H2,1H3,(H,20,21). The van der Waals surface area contributed by atoms with Gasteiger partial charge >= 0.3 is 0 Å². The first-order valence-corrected chi connectivity index (χ1v) is 10.2. The van der Waals surface area contributed by atoms with Gasteiger partial charge in [-0.2, -0.15) is 0 Å². The van der Waals surface area contributed by atoms with Crippen molar-refractivity contribution in [2.75, 3.05) is 31.8 Å². The molecule has 0 bridgehead atoms. The van der Waals surface area contributed by atoms with Crippen LogP contribution < -0.4 is 14.8 Å². The Morgan fingerprint density at radius 3 is 2.32 bits per heavy atom. The van der Waals surface area contributed by atoms with Crippen molar-refractivity contribution in [2.24, 2.45) is 0 Å². The molecule has 0 unspecified atom stereocenters. The normalized spacial score (nSPS) is 14.3. The van der Waals surface area contributed by atoms with Gasteiger partial charge in [0.2, 0.25) is 0 Å². The second kappa shape index (κ2) is 9.06. The number of carbonyl (C=O) groups excluding carboxylic acids is 1. The number of carbonyl (C=O) groups is 1. The van der Waals surface area contributed by atoms with Gasteiger partial charge in [0.25, 0.3) is 5.91 Å². The van der Waals surface area contributed by atoms with E-state index in [4.69, 9.17) is 9.47 Å². The largest absolute Gasteiger partial charge is 0.497 e. The smallest absolute Gasteiger partial charge is 0.251 e. The molecule has 0 saturated carbocycles. The minimum absolute atomic E-state index is 0.0726. The van der Waals surface area contributed by atoms with Crippen LogP contribution >= 0.6 is 23.5 Å². The van der Waals surface area contributed by atoms with E-state index in [1.165, 1.54) is 17.1 Å². The van der Waals surface area contributed by atoms with Crippen LogP contribution in [0.1, 0.15) is 20.5 Å². The Morgan fingerprint density at radius 2 is 1.68 bits per heavy atom. The summed E-state index contributed by atoms with van der Waals surface area (Å²) < 4.78 is 11.2. The van der Waals surface area contributed by atoms with E-state index < -0.39 is 0 Å². The topological polar surface area (TPSA) is 47.6 Å². The van der Waals surface area contributed by atoms with Gasteiger partial charge in [0.15, 0.2) is 0 Å². The predicted molar refractivity (Wildman–Crippen MR) is 105 cm³/mol. The fraction of sp³-hybridized carbons (Fsp3) is 0.316. The summed E-state index contributed by atoms with van der Waals surface area (Å²) in [5.41, 5.74) is 1.97. The minimum atomic E-state index is -0.0726. The van der Waals surface area contributed by atoms with E-state index in [0.29, 0.717) is 23.3 Å². The van der Waals surface area contributed by atoms with Gasteiger partial charge in [-0.1, -0.05) is 12.1 Å². The molecule has 1 aliphatic rings. The van der Waals surface area contributed by atoms with E-state index in [9.17, 15) is 4.79 Å². The summed E-state index contributed by atoms with van der Waals surface area (Å²) >= 11 is 3.93. The summed E-state index contributed by atoms with van der Waals surface area (Å²) in [6.45, 7) is 0.881. The molecule has 25 heavy (non-hydrogen) atoms. The number of hydrogen-bond donors (Lipinski definition) is 1. The van der Waals surface area contributed by atoms with Crippen molar-refractivity contribution in [3.05, 3.63) is 59.7 Å². The number of methoxy groups -OCH3 is 1. The lowest BCUT2D eigenvalue weighted by Crippen LogP contribution is -2.28. The molecule has 0 aliphatic carbocycles. The van der Waals surface area contributed by atoms with Crippen LogP contribution in [0.15, 0.2) is 48.5 Å². The Kier molecular flexibility index (Phi) is 6.53. The Labute approximate surface area is 156 Å². The van der Waals surface area contributed by atoms with E-state index in [1.807, 2.05) is 59.9 Å². The molecule has 0 aromatic heterocycles. The van der Waals surface area contributed by atoms with Crippen LogP contribution in [0.4, 0.5) is 0 Å². The molecule has 3 rings (SSSR count). The maximum Gasteiger partial charge on any atom is 0.251 e. The van der Waals surface area contributed by atoms with Crippen molar-refractivity contribution in [1.29, 1.82) is 0 Å². The van der Waals surface area contributed by atoms with Crippen LogP contribution in [0.2, 0.25) is 0 Å². The fourth-order valence-corrected chi connectivity index (χ4v) is 5.31. The molecule has 2 aromatic carbocycles. The van der Waals surface area contributed by atoms with Gasteiger partial charge in [-0.05, 0) is 42.0 Å². The third-order valence-corrected chi connectivity index (χ3v) is 6.89. The Balaban J connectivity index is 1.42. The van der Waals surface area contributed by atoms with Gasteiger partial charge in [0.05, 0.1) is 18.2 Å². The molecule has 132 valence electrons. The molecule has 6 heteroatoms. The number of benzene rings is 2. The second-order valence-corrected chi connectivity index (χ2v) is 8.20. The number of rotatable bonds is 7. The highest BCUT2D eigenvalue weighted by Crippen LogP contribution is 2.45. The minimum Gasteiger partial charge on any atom is -0.497 e. The predicted octanol–water partition coefficient (Wildman–Crippen LogP) is 3.98. The zero-order chi connectivity index (χ0) is 17.5. The summed E-state index contributed by atoms with van der Waals surface area (Å²) in [6.07, 6.45) is 0. The Bertz CT molecular complexity index is 683. The van der Waals surface area contributed by atoms with Gasteiger partial charge in [0.1, 0.15) is 18.1 Å². The van der Waals surface area contributed by atoms with Crippen LogP contribution in [-0.2, 0) is 0 Å².